The van der Waals surface area contributed by atoms with Crippen LogP contribution in [0.5, 0.6) is 11.5 Å². The first-order valence-corrected chi connectivity index (χ1v) is 24.3. The number of carbonyl (C=O) groups excluding carboxylic acids is 2. The standard InChI is InChI=1S/C25H27F4NO7S.C20H19F4NO6S/c26-22(27)25(28,29)36-19-8-4-17(5-9-19)18-6-10-20(11-7-18)38(32,33)24(12-15-34-16-13-24)23(31)30-37-21-3-1-2-14-35-21;21-17(22)20(23,24)31-15-5-1-13(2-6-15)14-3-7-16(8-4-14)32(28,29)19(18(26)25-27)9-11-30-12-10-19/h4-11,21-22H,1-3,12-16H2,(H,30,31);1-8,17,27H,9-12H2,(H,25,26). The van der Waals surface area contributed by atoms with Crippen LogP contribution >= 0.6 is 0 Å². The molecule has 3 saturated heterocycles. The first-order valence-electron chi connectivity index (χ1n) is 21.4. The summed E-state index contributed by atoms with van der Waals surface area (Å²) in [6.45, 7) is 0.697. The van der Waals surface area contributed by atoms with Gasteiger partial charge in [0.15, 0.2) is 35.5 Å². The van der Waals surface area contributed by atoms with Gasteiger partial charge in [0.2, 0.25) is 0 Å². The summed E-state index contributed by atoms with van der Waals surface area (Å²) in [6.07, 6.45) is -15.9. The first kappa shape index (κ1) is 53.9. The van der Waals surface area contributed by atoms with E-state index in [2.05, 4.69) is 15.0 Å². The van der Waals surface area contributed by atoms with Gasteiger partial charge in [-0.15, -0.1) is 0 Å². The molecule has 0 aromatic heterocycles. The minimum atomic E-state index is -4.63. The molecule has 0 spiro atoms. The average Bonchev–Trinajstić information content (AvgIpc) is 3.36. The number of ether oxygens (including phenoxy) is 5. The van der Waals surface area contributed by atoms with Crippen LogP contribution in [-0.2, 0) is 48.3 Å². The number of sulfone groups is 2. The summed E-state index contributed by atoms with van der Waals surface area (Å²) in [5.74, 6) is -2.75. The highest BCUT2D eigenvalue weighted by Crippen LogP contribution is 2.39. The van der Waals surface area contributed by atoms with E-state index in [1.54, 1.807) is 0 Å². The Morgan fingerprint density at radius 1 is 0.571 bits per heavy atom. The molecule has 382 valence electrons. The summed E-state index contributed by atoms with van der Waals surface area (Å²) in [5, 5.41) is 9.08. The van der Waals surface area contributed by atoms with E-state index in [0.717, 1.165) is 37.1 Å². The molecule has 1 atom stereocenters. The number of carbonyl (C=O) groups is 2. The fraction of sp³-hybridized carbons (Fsp3) is 0.422. The molecule has 3 aliphatic rings. The van der Waals surface area contributed by atoms with Crippen molar-refractivity contribution in [1.29, 1.82) is 0 Å². The molecule has 2 amide bonds. The molecule has 0 bridgehead atoms. The SMILES string of the molecule is O=C(NO)C1(S(=O)(=O)c2ccc(-c3ccc(OC(F)(F)C(F)F)cc3)cc2)CCOCC1.O=C(NOC1CCCCO1)C1(S(=O)(=O)c2ccc(-c3ccc(OC(F)(F)C(F)F)cc3)cc2)CCOCC1. The minimum Gasteiger partial charge on any atom is -0.428 e. The number of benzene rings is 4. The lowest BCUT2D eigenvalue weighted by atomic mass is 9.98. The molecule has 3 fully saturated rings. The third kappa shape index (κ3) is 11.8. The maximum atomic E-state index is 13.7. The normalized spacial score (nSPS) is 18.5. The molecule has 3 heterocycles. The van der Waals surface area contributed by atoms with E-state index in [9.17, 15) is 61.5 Å². The summed E-state index contributed by atoms with van der Waals surface area (Å²) in [6, 6.07) is 20.9. The van der Waals surface area contributed by atoms with Gasteiger partial charge in [0.25, 0.3) is 11.8 Å². The van der Waals surface area contributed by atoms with Crippen molar-refractivity contribution in [2.24, 2.45) is 0 Å². The topological polar surface area (TPSA) is 202 Å². The highest BCUT2D eigenvalue weighted by molar-refractivity contribution is 7.94. The molecule has 0 saturated carbocycles. The second-order valence-electron chi connectivity index (χ2n) is 16.0. The van der Waals surface area contributed by atoms with Gasteiger partial charge in [0.1, 0.15) is 11.5 Å². The number of hydrogen-bond acceptors (Lipinski definition) is 13. The minimum absolute atomic E-state index is 0.0315. The van der Waals surface area contributed by atoms with E-state index >= 15 is 0 Å². The molecule has 0 radical (unpaired) electrons. The lowest BCUT2D eigenvalue weighted by molar-refractivity contribution is -0.253. The van der Waals surface area contributed by atoms with Crippen LogP contribution in [-0.4, -0.2) is 108 Å². The van der Waals surface area contributed by atoms with Crippen molar-refractivity contribution in [3.63, 3.8) is 0 Å². The smallest absolute Gasteiger partial charge is 0.428 e. The van der Waals surface area contributed by atoms with Crippen LogP contribution in [0.3, 0.4) is 0 Å². The second-order valence-corrected chi connectivity index (χ2v) is 20.6. The second kappa shape index (κ2) is 22.3. The summed E-state index contributed by atoms with van der Waals surface area (Å²) < 4.78 is 176. The molecular weight excluding hydrogens is 993 g/mol. The number of amides is 2. The quantitative estimate of drug-likeness (QED) is 0.0556. The molecule has 70 heavy (non-hydrogen) atoms. The van der Waals surface area contributed by atoms with E-state index in [4.69, 9.17) is 24.3 Å². The Balaban J connectivity index is 0.000000233. The molecule has 15 nitrogen and oxygen atoms in total. The van der Waals surface area contributed by atoms with Crippen LogP contribution < -0.4 is 20.4 Å². The van der Waals surface area contributed by atoms with Gasteiger partial charge < -0.3 is 23.7 Å². The predicted molar refractivity (Wildman–Crippen MR) is 230 cm³/mol. The molecule has 3 aliphatic heterocycles. The zero-order valence-electron chi connectivity index (χ0n) is 36.6. The number of hydroxylamine groups is 2. The zero-order valence-corrected chi connectivity index (χ0v) is 38.3. The van der Waals surface area contributed by atoms with Crippen molar-refractivity contribution in [1.82, 2.24) is 11.0 Å². The maximum absolute atomic E-state index is 13.7. The Morgan fingerprint density at radius 2 is 0.929 bits per heavy atom. The van der Waals surface area contributed by atoms with Crippen LogP contribution in [0.15, 0.2) is 107 Å². The summed E-state index contributed by atoms with van der Waals surface area (Å²) in [5.41, 5.74) is 5.74. The summed E-state index contributed by atoms with van der Waals surface area (Å²) in [4.78, 5) is 30.6. The van der Waals surface area contributed by atoms with Crippen molar-refractivity contribution < 1.29 is 95.3 Å². The van der Waals surface area contributed by atoms with Gasteiger partial charge in [-0.3, -0.25) is 14.8 Å². The highest BCUT2D eigenvalue weighted by Gasteiger charge is 2.54. The monoisotopic (exact) mass is 1040 g/mol. The highest BCUT2D eigenvalue weighted by atomic mass is 32.2. The van der Waals surface area contributed by atoms with E-state index in [0.29, 0.717) is 35.3 Å². The van der Waals surface area contributed by atoms with Crippen molar-refractivity contribution in [2.45, 2.75) is 95.6 Å². The van der Waals surface area contributed by atoms with Gasteiger partial charge in [-0.2, -0.15) is 35.1 Å². The lowest BCUT2D eigenvalue weighted by Crippen LogP contribution is -2.56. The first-order chi connectivity index (χ1) is 33.1. The predicted octanol–water partition coefficient (Wildman–Crippen LogP) is 7.91. The van der Waals surface area contributed by atoms with Crippen LogP contribution in [0.4, 0.5) is 35.1 Å². The van der Waals surface area contributed by atoms with Crippen molar-refractivity contribution >= 4 is 31.5 Å². The molecule has 3 N–H and O–H groups in total. The van der Waals surface area contributed by atoms with E-state index in [1.807, 2.05) is 0 Å². The van der Waals surface area contributed by atoms with Gasteiger partial charge in [-0.1, -0.05) is 48.5 Å². The van der Waals surface area contributed by atoms with Gasteiger partial charge in [-0.25, -0.2) is 32.6 Å². The van der Waals surface area contributed by atoms with E-state index in [-0.39, 0.29) is 61.9 Å². The third-order valence-corrected chi connectivity index (χ3v) is 16.7. The largest absolute Gasteiger partial charge is 0.461 e. The Hall–Kier alpha value is -5.44. The van der Waals surface area contributed by atoms with Crippen molar-refractivity contribution in [3.05, 3.63) is 97.1 Å². The molecule has 4 aromatic rings. The summed E-state index contributed by atoms with van der Waals surface area (Å²) in [7, 11) is -8.39. The summed E-state index contributed by atoms with van der Waals surface area (Å²) >= 11 is 0. The number of hydrogen-bond donors (Lipinski definition) is 3. The molecular formula is C45H46F8N2O13S2. The maximum Gasteiger partial charge on any atom is 0.461 e. The van der Waals surface area contributed by atoms with Crippen LogP contribution in [0, 0.1) is 0 Å². The fourth-order valence-electron chi connectivity index (χ4n) is 7.69. The number of nitrogens with one attached hydrogen (secondary N) is 2. The molecule has 0 aliphatic carbocycles. The van der Waals surface area contributed by atoms with Crippen LogP contribution in [0.1, 0.15) is 44.9 Å². The van der Waals surface area contributed by atoms with Crippen molar-refractivity contribution in [3.8, 4) is 33.8 Å². The van der Waals surface area contributed by atoms with Gasteiger partial charge in [-0.05, 0) is 109 Å². The Bertz CT molecular complexity index is 2610. The van der Waals surface area contributed by atoms with Crippen LogP contribution in [0.2, 0.25) is 0 Å². The van der Waals surface area contributed by atoms with Gasteiger partial charge >= 0.3 is 25.1 Å². The average molecular weight is 1040 g/mol. The van der Waals surface area contributed by atoms with Crippen LogP contribution in [0.25, 0.3) is 22.3 Å². The fourth-order valence-corrected chi connectivity index (χ4v) is 11.6. The number of alkyl halides is 8. The Kier molecular flexibility index (Phi) is 17.2. The Morgan fingerprint density at radius 3 is 1.26 bits per heavy atom. The zero-order chi connectivity index (χ0) is 51.0. The van der Waals surface area contributed by atoms with Crippen molar-refractivity contribution in [2.75, 3.05) is 33.0 Å². The van der Waals surface area contributed by atoms with E-state index < -0.39 is 83.8 Å². The van der Waals surface area contributed by atoms with E-state index in [1.165, 1.54) is 78.3 Å². The number of halogens is 8. The van der Waals surface area contributed by atoms with Gasteiger partial charge in [0.05, 0.1) is 9.79 Å². The number of rotatable bonds is 16. The third-order valence-electron chi connectivity index (χ3n) is 11.7. The van der Waals surface area contributed by atoms with Gasteiger partial charge in [0, 0.05) is 39.5 Å². The molecule has 7 rings (SSSR count). The molecule has 1 unspecified atom stereocenters. The Labute approximate surface area is 396 Å². The molecule has 4 aromatic carbocycles. The lowest BCUT2D eigenvalue weighted by Gasteiger charge is -2.35. The molecule has 25 heteroatoms.